The van der Waals surface area contributed by atoms with Gasteiger partial charge in [-0.1, -0.05) is 6.42 Å². The van der Waals surface area contributed by atoms with Crippen molar-refractivity contribution in [3.63, 3.8) is 0 Å². The van der Waals surface area contributed by atoms with Crippen molar-refractivity contribution >= 4 is 10.0 Å². The molecule has 2 aliphatic carbocycles. The van der Waals surface area contributed by atoms with Gasteiger partial charge in [0.25, 0.3) is 0 Å². The van der Waals surface area contributed by atoms with Gasteiger partial charge in [0.1, 0.15) is 5.82 Å². The summed E-state index contributed by atoms with van der Waals surface area (Å²) < 4.78 is 39.2. The molecule has 0 heterocycles. The van der Waals surface area contributed by atoms with Crippen LogP contribution in [-0.2, 0) is 10.0 Å². The fourth-order valence-electron chi connectivity index (χ4n) is 3.81. The number of rotatable bonds is 4. The van der Waals surface area contributed by atoms with Gasteiger partial charge in [0.2, 0.25) is 10.0 Å². The third-order valence-electron chi connectivity index (χ3n) is 4.90. The third-order valence-corrected chi connectivity index (χ3v) is 6.74. The van der Waals surface area contributed by atoms with Crippen LogP contribution in [0, 0.1) is 23.6 Å². The Morgan fingerprint density at radius 3 is 2.45 bits per heavy atom. The first-order chi connectivity index (χ1) is 9.46. The first kappa shape index (κ1) is 14.0. The highest BCUT2D eigenvalue weighted by Gasteiger charge is 2.40. The second-order valence-electron chi connectivity index (χ2n) is 6.17. The summed E-state index contributed by atoms with van der Waals surface area (Å²) in [7, 11) is -1.86. The molecule has 0 N–H and O–H groups in total. The molecule has 5 heteroatoms. The molecule has 0 radical (unpaired) electrons. The smallest absolute Gasteiger partial charge is 0.207 e. The molecule has 0 aliphatic heterocycles. The average molecular weight is 297 g/mol. The topological polar surface area (TPSA) is 37.4 Å². The number of halogens is 1. The van der Waals surface area contributed by atoms with E-state index in [1.165, 1.54) is 47.8 Å². The van der Waals surface area contributed by atoms with Gasteiger partial charge in [0.05, 0.1) is 4.90 Å². The van der Waals surface area contributed by atoms with Gasteiger partial charge in [-0.25, -0.2) is 17.1 Å². The summed E-state index contributed by atoms with van der Waals surface area (Å²) in [6.07, 6.45) is 5.00. The summed E-state index contributed by atoms with van der Waals surface area (Å²) in [4.78, 5) is 0.171. The standard InChI is InChI=1S/C15H20FNO2S/c1-17(10-13-9-11-2-3-12(13)8-11)20(18,19)15-6-4-14(16)5-7-15/h4-7,11-13H,2-3,8-10H2,1H3. The average Bonchev–Trinajstić information content (AvgIpc) is 3.01. The second kappa shape index (κ2) is 5.11. The lowest BCUT2D eigenvalue weighted by atomic mass is 9.89. The molecule has 1 aromatic rings. The number of hydrogen-bond donors (Lipinski definition) is 0. The van der Waals surface area contributed by atoms with Crippen LogP contribution < -0.4 is 0 Å². The van der Waals surface area contributed by atoms with E-state index in [9.17, 15) is 12.8 Å². The molecular weight excluding hydrogens is 277 g/mol. The highest BCUT2D eigenvalue weighted by molar-refractivity contribution is 7.89. The molecule has 0 saturated heterocycles. The number of hydrogen-bond acceptors (Lipinski definition) is 2. The van der Waals surface area contributed by atoms with E-state index < -0.39 is 15.8 Å². The minimum Gasteiger partial charge on any atom is -0.207 e. The minimum atomic E-state index is -3.49. The highest BCUT2D eigenvalue weighted by atomic mass is 32.2. The Kier molecular flexibility index (Phi) is 3.58. The molecule has 2 bridgehead atoms. The quantitative estimate of drug-likeness (QED) is 0.857. The molecule has 20 heavy (non-hydrogen) atoms. The van der Waals surface area contributed by atoms with Gasteiger partial charge in [-0.2, -0.15) is 0 Å². The van der Waals surface area contributed by atoms with Gasteiger partial charge in [-0.15, -0.1) is 0 Å². The largest absolute Gasteiger partial charge is 0.242 e. The lowest BCUT2D eigenvalue weighted by molar-refractivity contribution is 0.280. The van der Waals surface area contributed by atoms with Crippen LogP contribution in [0.1, 0.15) is 25.7 Å². The Labute approximate surface area is 119 Å². The van der Waals surface area contributed by atoms with Crippen molar-refractivity contribution in [3.05, 3.63) is 30.1 Å². The van der Waals surface area contributed by atoms with Crippen molar-refractivity contribution in [1.29, 1.82) is 0 Å². The molecular formula is C15H20FNO2S. The molecule has 0 amide bonds. The van der Waals surface area contributed by atoms with E-state index in [-0.39, 0.29) is 4.90 Å². The maximum Gasteiger partial charge on any atom is 0.242 e. The summed E-state index contributed by atoms with van der Waals surface area (Å²) in [5, 5.41) is 0. The van der Waals surface area contributed by atoms with Crippen molar-refractivity contribution in [1.82, 2.24) is 4.31 Å². The Bertz CT molecular complexity index is 584. The van der Waals surface area contributed by atoms with E-state index >= 15 is 0 Å². The third kappa shape index (κ3) is 2.49. The van der Waals surface area contributed by atoms with E-state index in [4.69, 9.17) is 0 Å². The monoisotopic (exact) mass is 297 g/mol. The lowest BCUT2D eigenvalue weighted by Crippen LogP contribution is -2.33. The Hall–Kier alpha value is -0.940. The van der Waals surface area contributed by atoms with Gasteiger partial charge >= 0.3 is 0 Å². The molecule has 3 unspecified atom stereocenters. The van der Waals surface area contributed by atoms with Gasteiger partial charge < -0.3 is 0 Å². The number of benzene rings is 1. The normalized spacial score (nSPS) is 29.2. The molecule has 0 aromatic heterocycles. The van der Waals surface area contributed by atoms with Crippen LogP contribution >= 0.6 is 0 Å². The van der Waals surface area contributed by atoms with Gasteiger partial charge in [0, 0.05) is 13.6 Å². The van der Waals surface area contributed by atoms with Crippen LogP contribution in [0.15, 0.2) is 29.2 Å². The van der Waals surface area contributed by atoms with Crippen LogP contribution in [0.5, 0.6) is 0 Å². The molecule has 2 saturated carbocycles. The molecule has 2 aliphatic rings. The molecule has 2 fully saturated rings. The summed E-state index contributed by atoms with van der Waals surface area (Å²) in [5.41, 5.74) is 0. The molecule has 1 aromatic carbocycles. The predicted molar refractivity (Wildman–Crippen MR) is 75.2 cm³/mol. The van der Waals surface area contributed by atoms with Crippen molar-refractivity contribution in [2.75, 3.05) is 13.6 Å². The van der Waals surface area contributed by atoms with Crippen LogP contribution in [0.3, 0.4) is 0 Å². The van der Waals surface area contributed by atoms with Crippen LogP contribution in [-0.4, -0.2) is 26.3 Å². The predicted octanol–water partition coefficient (Wildman–Crippen LogP) is 2.88. The van der Waals surface area contributed by atoms with E-state index in [2.05, 4.69) is 0 Å². The Balaban J connectivity index is 1.72. The fraction of sp³-hybridized carbons (Fsp3) is 0.600. The molecule has 0 spiro atoms. The minimum absolute atomic E-state index is 0.171. The molecule has 3 rings (SSSR count). The number of sulfonamides is 1. The molecule has 3 atom stereocenters. The Morgan fingerprint density at radius 1 is 1.20 bits per heavy atom. The SMILES string of the molecule is CN(CC1CC2CCC1C2)S(=O)(=O)c1ccc(F)cc1. The van der Waals surface area contributed by atoms with E-state index in [0.29, 0.717) is 18.4 Å². The number of fused-ring (bicyclic) bond motifs is 2. The first-order valence-corrected chi connectivity index (χ1v) is 8.62. The van der Waals surface area contributed by atoms with Crippen LogP contribution in [0.4, 0.5) is 4.39 Å². The van der Waals surface area contributed by atoms with Gasteiger partial charge in [-0.05, 0) is 61.3 Å². The first-order valence-electron chi connectivity index (χ1n) is 7.18. The highest BCUT2D eigenvalue weighted by Crippen LogP contribution is 2.48. The summed E-state index contributed by atoms with van der Waals surface area (Å²) in [6, 6.07) is 5.06. The van der Waals surface area contributed by atoms with Crippen molar-refractivity contribution in [2.45, 2.75) is 30.6 Å². The molecule has 110 valence electrons. The zero-order chi connectivity index (χ0) is 14.3. The van der Waals surface area contributed by atoms with Gasteiger partial charge in [-0.3, -0.25) is 0 Å². The fourth-order valence-corrected chi connectivity index (χ4v) is 5.04. The second-order valence-corrected chi connectivity index (χ2v) is 8.22. The van der Waals surface area contributed by atoms with Gasteiger partial charge in [0.15, 0.2) is 0 Å². The maximum atomic E-state index is 12.9. The van der Waals surface area contributed by atoms with E-state index in [0.717, 1.165) is 12.3 Å². The zero-order valence-corrected chi connectivity index (χ0v) is 12.4. The van der Waals surface area contributed by atoms with Crippen molar-refractivity contribution in [2.24, 2.45) is 17.8 Å². The summed E-state index contributed by atoms with van der Waals surface area (Å²) in [5.74, 6) is 1.59. The summed E-state index contributed by atoms with van der Waals surface area (Å²) >= 11 is 0. The number of nitrogens with zero attached hydrogens (tertiary/aromatic N) is 1. The van der Waals surface area contributed by atoms with E-state index in [1.807, 2.05) is 0 Å². The summed E-state index contributed by atoms with van der Waals surface area (Å²) in [6.45, 7) is 0.584. The van der Waals surface area contributed by atoms with Crippen molar-refractivity contribution < 1.29 is 12.8 Å². The van der Waals surface area contributed by atoms with Crippen LogP contribution in [0.25, 0.3) is 0 Å². The molecule has 3 nitrogen and oxygen atoms in total. The van der Waals surface area contributed by atoms with Crippen molar-refractivity contribution in [3.8, 4) is 0 Å². The maximum absolute atomic E-state index is 12.9. The Morgan fingerprint density at radius 2 is 1.90 bits per heavy atom. The van der Waals surface area contributed by atoms with Crippen LogP contribution in [0.2, 0.25) is 0 Å². The van der Waals surface area contributed by atoms with E-state index in [1.54, 1.807) is 7.05 Å². The zero-order valence-electron chi connectivity index (χ0n) is 11.6. The lowest BCUT2D eigenvalue weighted by Gasteiger charge is -2.26.